The minimum Gasteiger partial charge on any atom is -0.508 e. The maximum Gasteiger partial charge on any atom is 0.326 e. The van der Waals surface area contributed by atoms with Crippen LogP contribution in [-0.4, -0.2) is 142 Å². The van der Waals surface area contributed by atoms with Crippen molar-refractivity contribution in [3.63, 3.8) is 0 Å². The number of phenolic OH excluding ortho intramolecular Hbond substituents is 1. The van der Waals surface area contributed by atoms with Gasteiger partial charge in [-0.15, -0.1) is 0 Å². The minimum absolute atomic E-state index is 0.0185. The molecule has 1 aromatic rings. The normalized spacial score (nSPS) is 18.3. The predicted octanol–water partition coefficient (Wildman–Crippen LogP) is -1.13. The molecule has 2 heterocycles. The molecule has 2 saturated heterocycles. The Hall–Kier alpha value is -5.83. The van der Waals surface area contributed by atoms with Crippen molar-refractivity contribution in [2.75, 3.05) is 26.2 Å². The van der Waals surface area contributed by atoms with Crippen LogP contribution in [0.2, 0.25) is 0 Å². The Labute approximate surface area is 380 Å². The summed E-state index contributed by atoms with van der Waals surface area (Å²) >= 11 is 0. The van der Waals surface area contributed by atoms with Crippen LogP contribution in [0.1, 0.15) is 104 Å². The quantitative estimate of drug-likeness (QED) is 0.0493. The third-order valence-corrected chi connectivity index (χ3v) is 11.4. The smallest absolute Gasteiger partial charge is 0.326 e. The van der Waals surface area contributed by atoms with Crippen molar-refractivity contribution in [1.29, 1.82) is 0 Å². The fourth-order valence-corrected chi connectivity index (χ4v) is 7.97. The lowest BCUT2D eigenvalue weighted by molar-refractivity contribution is -0.144. The van der Waals surface area contributed by atoms with Crippen molar-refractivity contribution in [3.05, 3.63) is 29.8 Å². The molecule has 1 aromatic carbocycles. The summed E-state index contributed by atoms with van der Waals surface area (Å²) in [6.07, 6.45) is 2.99. The Bertz CT molecular complexity index is 1830. The highest BCUT2D eigenvalue weighted by molar-refractivity contribution is 5.97. The zero-order valence-corrected chi connectivity index (χ0v) is 38.0. The van der Waals surface area contributed by atoms with Gasteiger partial charge in [-0.05, 0) is 93.9 Å². The number of carbonyl (C=O) groups is 9. The second kappa shape index (κ2) is 26.2. The van der Waals surface area contributed by atoms with Gasteiger partial charge >= 0.3 is 5.97 Å². The van der Waals surface area contributed by atoms with Gasteiger partial charge < -0.3 is 63.8 Å². The first-order valence-electron chi connectivity index (χ1n) is 22.6. The standard InChI is InChI=1S/C44H70N10O11/c1-25(2)21-31(39(59)49-30(44(64)65)16-17-36(47)56)51-42(62)35-11-7-19-53(35)37(57)24-48-41(61)34-10-8-20-54(34)43(63)33(22-26(3)4)52-40(60)32(23-27-12-14-28(55)15-13-27)50-38(58)29(46)9-5-6-18-45/h12-15,25-26,29-35,55H,5-11,16-24,45-46H2,1-4H3,(H2,47,56)(H,48,61)(H,49,59)(H,50,58)(H,51,62)(H,52,60)(H,64,65)/t29-,30-,31-,32-,33-,34-,35-/m0/s1. The number of likely N-dealkylation sites (tertiary alicyclic amines) is 2. The van der Waals surface area contributed by atoms with Gasteiger partial charge in [0.25, 0.3) is 0 Å². The Morgan fingerprint density at radius 3 is 1.85 bits per heavy atom. The number of carbonyl (C=O) groups excluding carboxylic acids is 8. The molecule has 0 aliphatic carbocycles. The van der Waals surface area contributed by atoms with Gasteiger partial charge in [-0.3, -0.25) is 38.4 Å². The van der Waals surface area contributed by atoms with Crippen LogP contribution in [-0.2, 0) is 49.6 Å². The molecule has 3 rings (SSSR count). The molecule has 0 aromatic heterocycles. The van der Waals surface area contributed by atoms with Crippen molar-refractivity contribution >= 4 is 53.2 Å². The summed E-state index contributed by atoms with van der Waals surface area (Å²) in [5.41, 5.74) is 17.5. The van der Waals surface area contributed by atoms with Crippen LogP contribution in [0.5, 0.6) is 5.75 Å². The fraction of sp³-hybridized carbons (Fsp3) is 0.659. The Morgan fingerprint density at radius 1 is 0.708 bits per heavy atom. The number of carboxylic acids is 1. The summed E-state index contributed by atoms with van der Waals surface area (Å²) in [4.78, 5) is 121. The van der Waals surface area contributed by atoms with Gasteiger partial charge in [0.05, 0.1) is 12.6 Å². The van der Waals surface area contributed by atoms with E-state index >= 15 is 0 Å². The van der Waals surface area contributed by atoms with Crippen LogP contribution in [0, 0.1) is 11.8 Å². The van der Waals surface area contributed by atoms with E-state index in [2.05, 4.69) is 26.6 Å². The number of nitrogens with one attached hydrogen (secondary N) is 5. The molecule has 0 unspecified atom stereocenters. The van der Waals surface area contributed by atoms with E-state index in [1.54, 1.807) is 12.1 Å². The Balaban J connectivity index is 1.69. The van der Waals surface area contributed by atoms with Crippen LogP contribution >= 0.6 is 0 Å². The van der Waals surface area contributed by atoms with E-state index in [1.807, 2.05) is 27.7 Å². The first kappa shape index (κ1) is 53.5. The van der Waals surface area contributed by atoms with Crippen LogP contribution in [0.25, 0.3) is 0 Å². The maximum atomic E-state index is 14.2. The molecule has 0 spiro atoms. The molecule has 21 heteroatoms. The van der Waals surface area contributed by atoms with E-state index in [-0.39, 0.29) is 75.6 Å². The van der Waals surface area contributed by atoms with Crippen molar-refractivity contribution in [1.82, 2.24) is 36.4 Å². The number of carboxylic acid groups (broad SMARTS) is 1. The van der Waals surface area contributed by atoms with Crippen molar-refractivity contribution in [2.24, 2.45) is 29.0 Å². The number of hydrogen-bond acceptors (Lipinski definition) is 12. The highest BCUT2D eigenvalue weighted by atomic mass is 16.4. The molecule has 8 amide bonds. The molecule has 7 atom stereocenters. The Morgan fingerprint density at radius 2 is 1.26 bits per heavy atom. The van der Waals surface area contributed by atoms with Gasteiger partial charge in [0.2, 0.25) is 47.3 Å². The lowest BCUT2D eigenvalue weighted by atomic mass is 10.00. The molecule has 2 aliphatic rings. The number of aromatic hydroxyl groups is 1. The monoisotopic (exact) mass is 915 g/mol. The number of unbranched alkanes of at least 4 members (excludes halogenated alkanes) is 1. The molecule has 0 radical (unpaired) electrons. The third-order valence-electron chi connectivity index (χ3n) is 11.4. The van der Waals surface area contributed by atoms with Crippen LogP contribution < -0.4 is 43.8 Å². The van der Waals surface area contributed by atoms with Gasteiger partial charge in [0, 0.05) is 25.9 Å². The number of hydrogen-bond donors (Lipinski definition) is 10. The zero-order chi connectivity index (χ0) is 48.4. The molecule has 2 fully saturated rings. The minimum atomic E-state index is -1.42. The van der Waals surface area contributed by atoms with Crippen LogP contribution in [0.15, 0.2) is 24.3 Å². The number of primary amides is 1. The number of benzene rings is 1. The first-order valence-corrected chi connectivity index (χ1v) is 22.6. The number of aliphatic carboxylic acids is 1. The second-order valence-corrected chi connectivity index (χ2v) is 17.8. The second-order valence-electron chi connectivity index (χ2n) is 17.8. The number of nitrogens with two attached hydrogens (primary N) is 3. The van der Waals surface area contributed by atoms with Gasteiger partial charge in [0.15, 0.2) is 0 Å². The maximum absolute atomic E-state index is 14.2. The van der Waals surface area contributed by atoms with Crippen molar-refractivity contribution in [2.45, 2.75) is 147 Å². The largest absolute Gasteiger partial charge is 0.508 e. The summed E-state index contributed by atoms with van der Waals surface area (Å²) in [7, 11) is 0. The van der Waals surface area contributed by atoms with E-state index < -0.39 is 102 Å². The van der Waals surface area contributed by atoms with Gasteiger partial charge in [-0.25, -0.2) is 4.79 Å². The summed E-state index contributed by atoms with van der Waals surface area (Å²) < 4.78 is 0. The molecule has 13 N–H and O–H groups in total. The number of rotatable bonds is 26. The van der Waals surface area contributed by atoms with Crippen LogP contribution in [0.4, 0.5) is 0 Å². The molecule has 0 bridgehead atoms. The highest BCUT2D eigenvalue weighted by Gasteiger charge is 2.40. The topological polar surface area (TPSA) is 339 Å². The highest BCUT2D eigenvalue weighted by Crippen LogP contribution is 2.22. The molecular weight excluding hydrogens is 845 g/mol. The van der Waals surface area contributed by atoms with Crippen molar-refractivity contribution < 1.29 is 53.4 Å². The molecule has 2 aliphatic heterocycles. The summed E-state index contributed by atoms with van der Waals surface area (Å²) in [5.74, 6) is -6.54. The molecule has 0 saturated carbocycles. The molecule has 362 valence electrons. The van der Waals surface area contributed by atoms with Gasteiger partial charge in [-0.2, -0.15) is 0 Å². The van der Waals surface area contributed by atoms with E-state index in [0.29, 0.717) is 44.2 Å². The zero-order valence-electron chi connectivity index (χ0n) is 38.0. The van der Waals surface area contributed by atoms with Gasteiger partial charge in [0.1, 0.15) is 42.0 Å². The van der Waals surface area contributed by atoms with E-state index in [1.165, 1.54) is 21.9 Å². The van der Waals surface area contributed by atoms with Gasteiger partial charge in [-0.1, -0.05) is 46.2 Å². The summed E-state index contributed by atoms with van der Waals surface area (Å²) in [6, 6.07) is -1.51. The SMILES string of the molecule is CC(C)C[C@H](NC(=O)[C@@H]1CCCN1C(=O)CNC(=O)[C@@H]1CCCN1C(=O)[C@H](CC(C)C)NC(=O)[C@H](Cc1ccc(O)cc1)NC(=O)[C@@H](N)CCCCN)C(=O)N[C@@H](CCC(N)=O)C(=O)O. The summed E-state index contributed by atoms with van der Waals surface area (Å²) in [5, 5.41) is 32.6. The average molecular weight is 915 g/mol. The number of phenols is 1. The van der Waals surface area contributed by atoms with Crippen molar-refractivity contribution in [3.8, 4) is 5.75 Å². The van der Waals surface area contributed by atoms with E-state index in [0.717, 1.165) is 0 Å². The molecular formula is C44H70N10O11. The van der Waals surface area contributed by atoms with E-state index in [4.69, 9.17) is 17.2 Å². The lowest BCUT2D eigenvalue weighted by Gasteiger charge is -2.31. The third kappa shape index (κ3) is 17.2. The lowest BCUT2D eigenvalue weighted by Crippen LogP contribution is -2.58. The first-order chi connectivity index (χ1) is 30.7. The fourth-order valence-electron chi connectivity index (χ4n) is 7.97. The molecule has 65 heavy (non-hydrogen) atoms. The Kier molecular flexibility index (Phi) is 21.6. The number of nitrogens with zero attached hydrogens (tertiary/aromatic N) is 2. The average Bonchev–Trinajstić information content (AvgIpc) is 3.95. The predicted molar refractivity (Wildman–Crippen MR) is 238 cm³/mol. The van der Waals surface area contributed by atoms with Crippen LogP contribution in [0.3, 0.4) is 0 Å². The van der Waals surface area contributed by atoms with E-state index in [9.17, 15) is 53.4 Å². The number of amides is 8. The summed E-state index contributed by atoms with van der Waals surface area (Å²) in [6.45, 7) is 7.72. The molecule has 21 nitrogen and oxygen atoms in total.